The number of aromatic nitrogens is 2. The largest absolute Gasteiger partial charge is 0.453 e. The van der Waals surface area contributed by atoms with E-state index in [9.17, 15) is 32.9 Å². The molecule has 3 amide bonds. The Balaban J connectivity index is 0.810. The zero-order valence-electron chi connectivity index (χ0n) is 35.7. The summed E-state index contributed by atoms with van der Waals surface area (Å²) in [6, 6.07) is 12.8. The number of piperidine rings is 3. The highest BCUT2D eigenvalue weighted by Crippen LogP contribution is 2.53. The van der Waals surface area contributed by atoms with Gasteiger partial charge in [0.1, 0.15) is 29.2 Å². The molecule has 3 N–H and O–H groups in total. The van der Waals surface area contributed by atoms with Crippen molar-refractivity contribution in [1.82, 2.24) is 29.0 Å². The van der Waals surface area contributed by atoms with E-state index in [0.717, 1.165) is 55.0 Å². The molecule has 64 heavy (non-hydrogen) atoms. The highest BCUT2D eigenvalue weighted by atomic mass is 32.2. The fraction of sp³-hybridized carbons (Fsp3) is 0.467. The SMILES string of the molecule is CCN(C)S(=O)(=O)Nc1ccc(F)c(Oc2ccc3ncn(CC4CC5(CCN(C(=O)CN6CCC(c7ccc(NC8CCC(=O)NC8=O)cc7F)CC6)CC5)C4)c(=O)c3c2)c1C#N. The van der Waals surface area contributed by atoms with Gasteiger partial charge < -0.3 is 15.0 Å². The van der Waals surface area contributed by atoms with Crippen molar-refractivity contribution in [3.8, 4) is 17.6 Å². The number of anilines is 2. The second kappa shape index (κ2) is 18.3. The first-order valence-electron chi connectivity index (χ1n) is 21.7. The summed E-state index contributed by atoms with van der Waals surface area (Å²) in [5, 5.41) is 15.5. The number of likely N-dealkylation sites (tertiary alicyclic amines) is 2. The third-order valence-electron chi connectivity index (χ3n) is 13.4. The number of benzene rings is 3. The Morgan fingerprint density at radius 2 is 1.77 bits per heavy atom. The van der Waals surface area contributed by atoms with Crippen LogP contribution in [0.5, 0.6) is 11.5 Å². The minimum absolute atomic E-state index is 0.0236. The van der Waals surface area contributed by atoms with Gasteiger partial charge in [0, 0.05) is 45.3 Å². The average molecular weight is 900 g/mol. The molecule has 1 spiro atoms. The van der Waals surface area contributed by atoms with E-state index in [1.165, 1.54) is 31.6 Å². The number of imide groups is 1. The molecule has 1 aromatic heterocycles. The summed E-state index contributed by atoms with van der Waals surface area (Å²) < 4.78 is 66.3. The molecule has 1 atom stereocenters. The molecule has 4 aromatic rings. The summed E-state index contributed by atoms with van der Waals surface area (Å²) in [6.45, 7) is 5.30. The van der Waals surface area contributed by atoms with E-state index >= 15 is 8.78 Å². The first-order valence-corrected chi connectivity index (χ1v) is 23.1. The molecule has 16 nitrogen and oxygen atoms in total. The minimum atomic E-state index is -4.02. The Labute approximate surface area is 369 Å². The van der Waals surface area contributed by atoms with Crippen LogP contribution in [0.2, 0.25) is 0 Å². The summed E-state index contributed by atoms with van der Waals surface area (Å²) in [5.41, 5.74) is 0.829. The predicted molar refractivity (Wildman–Crippen MR) is 234 cm³/mol. The van der Waals surface area contributed by atoms with Crippen molar-refractivity contribution < 1.29 is 36.3 Å². The smallest absolute Gasteiger partial charge is 0.301 e. The summed E-state index contributed by atoms with van der Waals surface area (Å²) in [4.78, 5) is 59.3. The standard InChI is InChI=1S/C45H51F2N9O7S/c1-3-53(2)64(61,62)52-38-9-7-35(46)42(34(38)24-48)63-31-5-8-37-33(21-31)44(60)56(27-49-37)25-28-22-45(23-28)14-18-55(19-15-45)41(58)26-54-16-12-29(13-17-54)32-6-4-30(20-36(32)47)50-39-10-11-40(57)51-43(39)59/h4-9,20-21,27-29,39,50,52H,3,10-19,22-23,25-26H2,1-2H3,(H,51,57,59). The summed E-state index contributed by atoms with van der Waals surface area (Å²) in [7, 11) is -2.66. The number of hydrogen-bond donors (Lipinski definition) is 3. The topological polar surface area (TPSA) is 199 Å². The number of carbonyl (C=O) groups is 3. The fourth-order valence-electron chi connectivity index (χ4n) is 9.57. The molecule has 1 saturated carbocycles. The molecule has 19 heteroatoms. The van der Waals surface area contributed by atoms with Gasteiger partial charge in [-0.15, -0.1) is 0 Å². The van der Waals surface area contributed by atoms with Crippen LogP contribution in [0.4, 0.5) is 20.2 Å². The second-order valence-electron chi connectivity index (χ2n) is 17.5. The number of fused-ring (bicyclic) bond motifs is 1. The van der Waals surface area contributed by atoms with Crippen LogP contribution in [0, 0.1) is 34.3 Å². The number of halogens is 2. The molecule has 0 bridgehead atoms. The van der Waals surface area contributed by atoms with E-state index in [-0.39, 0.29) is 75.8 Å². The third kappa shape index (κ3) is 9.45. The number of hydrogen-bond acceptors (Lipinski definition) is 11. The van der Waals surface area contributed by atoms with Crippen molar-refractivity contribution in [2.45, 2.75) is 76.8 Å². The molecule has 8 rings (SSSR count). The molecule has 3 aromatic carbocycles. The van der Waals surface area contributed by atoms with Gasteiger partial charge in [0.15, 0.2) is 11.6 Å². The van der Waals surface area contributed by atoms with Crippen molar-refractivity contribution in [2.24, 2.45) is 11.3 Å². The second-order valence-corrected chi connectivity index (χ2v) is 19.3. The van der Waals surface area contributed by atoms with Crippen LogP contribution in [-0.2, 0) is 31.1 Å². The van der Waals surface area contributed by atoms with Crippen LogP contribution in [0.25, 0.3) is 10.9 Å². The molecule has 0 radical (unpaired) electrons. The zero-order chi connectivity index (χ0) is 45.3. The molecule has 338 valence electrons. The number of nitrogens with one attached hydrogen (secondary N) is 3. The van der Waals surface area contributed by atoms with Crippen molar-refractivity contribution in [3.05, 3.63) is 88.0 Å². The van der Waals surface area contributed by atoms with Gasteiger partial charge in [0.2, 0.25) is 17.7 Å². The molecule has 3 aliphatic heterocycles. The van der Waals surface area contributed by atoms with Gasteiger partial charge in [-0.05, 0) is 123 Å². The van der Waals surface area contributed by atoms with Crippen LogP contribution in [0.1, 0.15) is 75.3 Å². The molecule has 1 unspecified atom stereocenters. The molecule has 1 aliphatic carbocycles. The Kier molecular flexibility index (Phi) is 12.7. The van der Waals surface area contributed by atoms with Gasteiger partial charge >= 0.3 is 10.2 Å². The lowest BCUT2D eigenvalue weighted by Gasteiger charge is -2.52. The van der Waals surface area contributed by atoms with Crippen molar-refractivity contribution in [3.63, 3.8) is 0 Å². The molecular formula is C45H51F2N9O7S. The van der Waals surface area contributed by atoms with Crippen molar-refractivity contribution >= 4 is 50.2 Å². The first kappa shape index (κ1) is 44.6. The van der Waals surface area contributed by atoms with Crippen molar-refractivity contribution in [2.75, 3.05) is 56.4 Å². The van der Waals surface area contributed by atoms with Crippen LogP contribution in [0.15, 0.2) is 59.7 Å². The number of nitrogens with zero attached hydrogens (tertiary/aromatic N) is 6. The Hall–Kier alpha value is -5.97. The van der Waals surface area contributed by atoms with Crippen LogP contribution < -0.4 is 25.7 Å². The van der Waals surface area contributed by atoms with Gasteiger partial charge in [-0.2, -0.15) is 18.0 Å². The minimum Gasteiger partial charge on any atom is -0.453 e. The van der Waals surface area contributed by atoms with Gasteiger partial charge in [0.05, 0.1) is 29.5 Å². The monoisotopic (exact) mass is 899 g/mol. The highest BCUT2D eigenvalue weighted by molar-refractivity contribution is 7.90. The average Bonchev–Trinajstić information content (AvgIpc) is 3.26. The number of nitriles is 1. The fourth-order valence-corrected chi connectivity index (χ4v) is 10.5. The van der Waals surface area contributed by atoms with Gasteiger partial charge in [-0.3, -0.25) is 38.7 Å². The quantitative estimate of drug-likeness (QED) is 0.152. The third-order valence-corrected chi connectivity index (χ3v) is 14.9. The van der Waals surface area contributed by atoms with E-state index in [2.05, 4.69) is 25.2 Å². The number of rotatable bonds is 13. The van der Waals surface area contributed by atoms with Gasteiger partial charge in [0.25, 0.3) is 5.56 Å². The van der Waals surface area contributed by atoms with E-state index in [0.29, 0.717) is 62.5 Å². The maximum atomic E-state index is 15.2. The number of ether oxygens (including phenoxy) is 1. The Morgan fingerprint density at radius 3 is 2.45 bits per heavy atom. The van der Waals surface area contributed by atoms with Crippen LogP contribution >= 0.6 is 0 Å². The molecule has 4 aliphatic rings. The molecule has 4 heterocycles. The van der Waals surface area contributed by atoms with E-state index in [1.54, 1.807) is 29.7 Å². The van der Waals surface area contributed by atoms with Crippen LogP contribution in [-0.4, -0.2) is 102 Å². The maximum Gasteiger partial charge on any atom is 0.301 e. The summed E-state index contributed by atoms with van der Waals surface area (Å²) >= 11 is 0. The number of carbonyl (C=O) groups excluding carboxylic acids is 3. The lowest BCUT2D eigenvalue weighted by Crippen LogP contribution is -2.51. The molecule has 3 saturated heterocycles. The molecular weight excluding hydrogens is 849 g/mol. The number of amides is 3. The predicted octanol–water partition coefficient (Wildman–Crippen LogP) is 5.06. The normalized spacial score (nSPS) is 19.6. The summed E-state index contributed by atoms with van der Waals surface area (Å²) in [6.07, 6.45) is 7.17. The van der Waals surface area contributed by atoms with Gasteiger partial charge in [-0.25, -0.2) is 13.8 Å². The summed E-state index contributed by atoms with van der Waals surface area (Å²) in [5.74, 6) is -1.99. The Bertz CT molecular complexity index is 2680. The van der Waals surface area contributed by atoms with Gasteiger partial charge in [-0.1, -0.05) is 13.0 Å². The Morgan fingerprint density at radius 1 is 1.02 bits per heavy atom. The zero-order valence-corrected chi connectivity index (χ0v) is 36.6. The maximum absolute atomic E-state index is 15.2. The lowest BCUT2D eigenvalue weighted by molar-refractivity contribution is -0.137. The first-order chi connectivity index (χ1) is 30.6. The highest BCUT2D eigenvalue weighted by Gasteiger charge is 2.46. The van der Waals surface area contributed by atoms with E-state index in [1.807, 2.05) is 11.0 Å². The van der Waals surface area contributed by atoms with Crippen LogP contribution in [0.3, 0.4) is 0 Å². The van der Waals surface area contributed by atoms with E-state index < -0.39 is 33.7 Å². The molecule has 4 fully saturated rings. The van der Waals surface area contributed by atoms with Crippen molar-refractivity contribution in [1.29, 1.82) is 5.26 Å². The van der Waals surface area contributed by atoms with E-state index in [4.69, 9.17) is 4.74 Å². The lowest BCUT2D eigenvalue weighted by atomic mass is 9.57.